The average molecular weight is 364 g/mol. The van der Waals surface area contributed by atoms with Crippen molar-refractivity contribution < 1.29 is 29.3 Å². The van der Waals surface area contributed by atoms with Crippen LogP contribution < -0.4 is 10.6 Å². The van der Waals surface area contributed by atoms with Gasteiger partial charge in [-0.2, -0.15) is 0 Å². The Bertz CT molecular complexity index is 605. The number of carbonyl (C=O) groups excluding carboxylic acids is 2. The van der Waals surface area contributed by atoms with Gasteiger partial charge in [-0.3, -0.25) is 4.79 Å². The van der Waals surface area contributed by atoms with E-state index in [0.717, 1.165) is 5.56 Å². The van der Waals surface area contributed by atoms with Gasteiger partial charge in [-0.05, 0) is 30.4 Å². The molecule has 1 aromatic rings. The molecule has 0 aromatic heterocycles. The third-order valence-electron chi connectivity index (χ3n) is 3.65. The summed E-state index contributed by atoms with van der Waals surface area (Å²) in [5.74, 6) is -1.34. The van der Waals surface area contributed by atoms with Crippen molar-refractivity contribution in [3.05, 3.63) is 48.0 Å². The summed E-state index contributed by atoms with van der Waals surface area (Å²) in [5, 5.41) is 23.5. The number of unbranched alkanes of at least 4 members (excludes halogenated alkanes) is 1. The van der Waals surface area contributed by atoms with Crippen molar-refractivity contribution in [2.75, 3.05) is 6.54 Å². The smallest absolute Gasteiger partial charge is 0.407 e. The van der Waals surface area contributed by atoms with Gasteiger partial charge in [0.15, 0.2) is 6.04 Å². The highest BCUT2D eigenvalue weighted by Crippen LogP contribution is 2.13. The van der Waals surface area contributed by atoms with Crippen molar-refractivity contribution in [2.24, 2.45) is 0 Å². The fraction of sp³-hybridized carbons (Fsp3) is 0.389. The van der Waals surface area contributed by atoms with Crippen LogP contribution in [0.2, 0.25) is 0 Å². The van der Waals surface area contributed by atoms with Gasteiger partial charge in [0.25, 0.3) is 0 Å². The highest BCUT2D eigenvalue weighted by atomic mass is 16.5. The van der Waals surface area contributed by atoms with E-state index in [4.69, 9.17) is 9.84 Å². The lowest BCUT2D eigenvalue weighted by molar-refractivity contribution is -0.143. The number of hydrogen-bond donors (Lipinski definition) is 4. The number of aliphatic carboxylic acids is 1. The molecule has 2 atom stereocenters. The Morgan fingerprint density at radius 3 is 2.54 bits per heavy atom. The maximum atomic E-state index is 11.6. The molecule has 0 aliphatic heterocycles. The first-order valence-corrected chi connectivity index (χ1v) is 8.18. The maximum Gasteiger partial charge on any atom is 0.407 e. The minimum absolute atomic E-state index is 0.190. The molecule has 8 nitrogen and oxygen atoms in total. The Morgan fingerprint density at radius 2 is 1.92 bits per heavy atom. The number of alkyl carbamates (subject to hydrolysis) is 1. The van der Waals surface area contributed by atoms with E-state index in [2.05, 4.69) is 11.9 Å². The van der Waals surface area contributed by atoms with E-state index < -0.39 is 24.2 Å². The number of carboxylic acids is 1. The number of aliphatic hydroxyl groups excluding tert-OH is 1. The normalized spacial score (nSPS) is 12.5. The number of rotatable bonds is 12. The van der Waals surface area contributed by atoms with E-state index in [-0.39, 0.29) is 13.0 Å². The van der Waals surface area contributed by atoms with Gasteiger partial charge in [0.2, 0.25) is 6.41 Å². The predicted molar refractivity (Wildman–Crippen MR) is 94.3 cm³/mol. The van der Waals surface area contributed by atoms with Gasteiger partial charge in [0.1, 0.15) is 12.7 Å². The van der Waals surface area contributed by atoms with Crippen LogP contribution in [0.5, 0.6) is 0 Å². The summed E-state index contributed by atoms with van der Waals surface area (Å²) in [6, 6.07) is 7.88. The van der Waals surface area contributed by atoms with Crippen molar-refractivity contribution >= 4 is 18.5 Å². The molecule has 0 fully saturated rings. The molecule has 1 rings (SSSR count). The zero-order valence-electron chi connectivity index (χ0n) is 14.4. The van der Waals surface area contributed by atoms with Crippen LogP contribution in [-0.2, 0) is 20.9 Å². The quantitative estimate of drug-likeness (QED) is 0.251. The molecule has 0 bridgehead atoms. The highest BCUT2D eigenvalue weighted by molar-refractivity contribution is 5.77. The van der Waals surface area contributed by atoms with Crippen LogP contribution in [-0.4, -0.2) is 47.4 Å². The van der Waals surface area contributed by atoms with Crippen LogP contribution in [0.3, 0.4) is 0 Å². The van der Waals surface area contributed by atoms with E-state index in [1.165, 1.54) is 0 Å². The summed E-state index contributed by atoms with van der Waals surface area (Å²) < 4.78 is 5.06. The molecule has 142 valence electrons. The summed E-state index contributed by atoms with van der Waals surface area (Å²) >= 11 is 0. The number of ether oxygens (including phenoxy) is 1. The van der Waals surface area contributed by atoms with Gasteiger partial charge in [-0.15, -0.1) is 0 Å². The molecule has 26 heavy (non-hydrogen) atoms. The third kappa shape index (κ3) is 7.80. The maximum absolute atomic E-state index is 11.6. The Hall–Kier alpha value is -2.87. The van der Waals surface area contributed by atoms with Gasteiger partial charge >= 0.3 is 12.1 Å². The van der Waals surface area contributed by atoms with Gasteiger partial charge in [0, 0.05) is 6.54 Å². The second kappa shape index (κ2) is 11.6. The zero-order valence-corrected chi connectivity index (χ0v) is 14.4. The first kappa shape index (κ1) is 21.2. The number of nitrogens with one attached hydrogen (secondary N) is 2. The Balaban J connectivity index is 2.19. The van der Waals surface area contributed by atoms with Gasteiger partial charge < -0.3 is 25.6 Å². The largest absolute Gasteiger partial charge is 0.480 e. The van der Waals surface area contributed by atoms with Gasteiger partial charge in [-0.1, -0.05) is 36.9 Å². The van der Waals surface area contributed by atoms with Crippen LogP contribution in [0, 0.1) is 0 Å². The molecule has 0 aliphatic carbocycles. The van der Waals surface area contributed by atoms with Crippen LogP contribution in [0.15, 0.2) is 42.5 Å². The van der Waals surface area contributed by atoms with E-state index >= 15 is 0 Å². The molecule has 0 spiro atoms. The van der Waals surface area contributed by atoms with E-state index in [1.807, 2.05) is 35.6 Å². The molecular weight excluding hydrogens is 340 g/mol. The Kier molecular flexibility index (Phi) is 9.48. The minimum atomic E-state index is -1.42. The minimum Gasteiger partial charge on any atom is -0.480 e. The van der Waals surface area contributed by atoms with Crippen molar-refractivity contribution in [3.8, 4) is 0 Å². The summed E-state index contributed by atoms with van der Waals surface area (Å²) in [6.07, 6.45) is -0.116. The van der Waals surface area contributed by atoms with Crippen LogP contribution >= 0.6 is 0 Å². The van der Waals surface area contributed by atoms with Crippen molar-refractivity contribution in [1.82, 2.24) is 10.6 Å². The first-order valence-electron chi connectivity index (χ1n) is 8.18. The van der Waals surface area contributed by atoms with E-state index in [9.17, 15) is 19.5 Å². The van der Waals surface area contributed by atoms with Crippen molar-refractivity contribution in [1.29, 1.82) is 0 Å². The molecule has 1 aromatic carbocycles. The van der Waals surface area contributed by atoms with E-state index in [0.29, 0.717) is 31.4 Å². The molecule has 0 radical (unpaired) electrons. The standard InChI is InChI=1S/C18H24N2O6/c1-13(16(22)15(17(23)24)20-12-21)7-5-6-10-19-18(25)26-11-14-8-3-2-4-9-14/h2-4,8-9,12,15-16,22H,1,5-7,10-11H2,(H,19,25)(H,20,21)(H,23,24). The highest BCUT2D eigenvalue weighted by Gasteiger charge is 2.27. The molecule has 2 amide bonds. The van der Waals surface area contributed by atoms with Crippen LogP contribution in [0.4, 0.5) is 4.79 Å². The van der Waals surface area contributed by atoms with Crippen molar-refractivity contribution in [2.45, 2.75) is 38.0 Å². The fourth-order valence-corrected chi connectivity index (χ4v) is 2.20. The third-order valence-corrected chi connectivity index (χ3v) is 3.65. The number of benzene rings is 1. The fourth-order valence-electron chi connectivity index (χ4n) is 2.20. The average Bonchev–Trinajstić information content (AvgIpc) is 2.64. The summed E-state index contributed by atoms with van der Waals surface area (Å²) in [5.41, 5.74) is 1.20. The monoisotopic (exact) mass is 364 g/mol. The Labute approximate surface area is 151 Å². The van der Waals surface area contributed by atoms with Gasteiger partial charge in [-0.25, -0.2) is 9.59 Å². The molecule has 2 unspecified atom stereocenters. The lowest BCUT2D eigenvalue weighted by Gasteiger charge is -2.20. The number of carbonyl (C=O) groups is 3. The zero-order chi connectivity index (χ0) is 19.4. The Morgan fingerprint density at radius 1 is 1.23 bits per heavy atom. The topological polar surface area (TPSA) is 125 Å². The van der Waals surface area contributed by atoms with Crippen LogP contribution in [0.1, 0.15) is 24.8 Å². The SMILES string of the molecule is C=C(CCCCNC(=O)OCc1ccccc1)C(O)C(NC=O)C(=O)O. The molecule has 0 aliphatic rings. The summed E-state index contributed by atoms with van der Waals surface area (Å²) in [4.78, 5) is 32.9. The van der Waals surface area contributed by atoms with Crippen molar-refractivity contribution in [3.63, 3.8) is 0 Å². The number of amides is 2. The first-order chi connectivity index (χ1) is 12.5. The lowest BCUT2D eigenvalue weighted by atomic mass is 9.99. The molecule has 4 N–H and O–H groups in total. The number of aliphatic hydroxyl groups is 1. The molecular formula is C18H24N2O6. The lowest BCUT2D eigenvalue weighted by Crippen LogP contribution is -2.46. The molecule has 0 saturated heterocycles. The predicted octanol–water partition coefficient (Wildman–Crippen LogP) is 1.20. The number of carboxylic acid groups (broad SMARTS) is 1. The second-order valence-electron chi connectivity index (χ2n) is 5.65. The number of hydrogen-bond acceptors (Lipinski definition) is 5. The molecule has 0 saturated carbocycles. The molecule has 0 heterocycles. The molecule has 8 heteroatoms. The summed E-state index contributed by atoms with van der Waals surface area (Å²) in [7, 11) is 0. The van der Waals surface area contributed by atoms with E-state index in [1.54, 1.807) is 0 Å². The summed E-state index contributed by atoms with van der Waals surface area (Å²) in [6.45, 7) is 4.23. The second-order valence-corrected chi connectivity index (χ2v) is 5.65. The van der Waals surface area contributed by atoms with Gasteiger partial charge in [0.05, 0.1) is 0 Å². The van der Waals surface area contributed by atoms with Crippen LogP contribution in [0.25, 0.3) is 0 Å².